The van der Waals surface area contributed by atoms with Gasteiger partial charge < -0.3 is 11.1 Å². The van der Waals surface area contributed by atoms with Gasteiger partial charge in [0.15, 0.2) is 0 Å². The van der Waals surface area contributed by atoms with Crippen molar-refractivity contribution in [3.05, 3.63) is 34.1 Å². The van der Waals surface area contributed by atoms with Crippen LogP contribution in [0.15, 0.2) is 22.7 Å². The Balaban J connectivity index is 2.58. The highest BCUT2D eigenvalue weighted by Gasteiger charge is 2.10. The van der Waals surface area contributed by atoms with Crippen molar-refractivity contribution in [2.24, 2.45) is 11.7 Å². The van der Waals surface area contributed by atoms with Gasteiger partial charge in [0, 0.05) is 23.5 Å². The molecule has 0 aliphatic carbocycles. The number of rotatable bonds is 4. The Morgan fingerprint density at radius 2 is 2.31 bits per heavy atom. The van der Waals surface area contributed by atoms with Gasteiger partial charge in [0.05, 0.1) is 0 Å². The molecule has 1 atom stereocenters. The van der Waals surface area contributed by atoms with Crippen LogP contribution in [0.3, 0.4) is 0 Å². The van der Waals surface area contributed by atoms with Gasteiger partial charge in [-0.1, -0.05) is 28.9 Å². The lowest BCUT2D eigenvalue weighted by atomic mass is 10.1. The number of hydrogen-bond acceptors (Lipinski definition) is 2. The van der Waals surface area contributed by atoms with Gasteiger partial charge in [0.1, 0.15) is 5.82 Å². The molecule has 1 amide bonds. The van der Waals surface area contributed by atoms with Crippen molar-refractivity contribution in [2.45, 2.75) is 13.5 Å². The summed E-state index contributed by atoms with van der Waals surface area (Å²) < 4.78 is 13.4. The van der Waals surface area contributed by atoms with Crippen LogP contribution in [-0.4, -0.2) is 12.5 Å². The molecule has 0 bridgehead atoms. The van der Waals surface area contributed by atoms with Crippen molar-refractivity contribution in [3.8, 4) is 0 Å². The molecular weight excluding hydrogens is 275 g/mol. The van der Waals surface area contributed by atoms with Crippen LogP contribution in [0.1, 0.15) is 12.5 Å². The number of halogens is 2. The van der Waals surface area contributed by atoms with Crippen molar-refractivity contribution in [1.82, 2.24) is 5.32 Å². The Bertz CT molecular complexity index is 384. The van der Waals surface area contributed by atoms with Crippen LogP contribution in [0.4, 0.5) is 4.39 Å². The predicted molar refractivity (Wildman–Crippen MR) is 64.2 cm³/mol. The van der Waals surface area contributed by atoms with E-state index in [1.165, 1.54) is 12.1 Å². The van der Waals surface area contributed by atoms with Crippen LogP contribution in [-0.2, 0) is 11.3 Å². The highest BCUT2D eigenvalue weighted by Crippen LogP contribution is 2.17. The lowest BCUT2D eigenvalue weighted by Crippen LogP contribution is -2.32. The molecule has 16 heavy (non-hydrogen) atoms. The molecule has 1 rings (SSSR count). The minimum absolute atomic E-state index is 0.0984. The van der Waals surface area contributed by atoms with Crippen LogP contribution in [0.25, 0.3) is 0 Å². The number of nitrogens with two attached hydrogens (primary N) is 1. The maximum atomic E-state index is 12.8. The second-order valence-electron chi connectivity index (χ2n) is 3.59. The molecular formula is C11H14BrFN2O. The number of benzene rings is 1. The number of carbonyl (C=O) groups is 1. The van der Waals surface area contributed by atoms with E-state index in [1.807, 2.05) is 0 Å². The highest BCUT2D eigenvalue weighted by molar-refractivity contribution is 9.10. The van der Waals surface area contributed by atoms with Crippen molar-refractivity contribution < 1.29 is 9.18 Å². The van der Waals surface area contributed by atoms with Crippen molar-refractivity contribution in [1.29, 1.82) is 0 Å². The Hall–Kier alpha value is -0.940. The smallest absolute Gasteiger partial charge is 0.224 e. The third-order valence-corrected chi connectivity index (χ3v) is 3.01. The summed E-state index contributed by atoms with van der Waals surface area (Å²) in [5.41, 5.74) is 6.20. The maximum Gasteiger partial charge on any atom is 0.224 e. The topological polar surface area (TPSA) is 55.1 Å². The SMILES string of the molecule is CC(CN)C(=O)NCc1ccc(F)cc1Br. The van der Waals surface area contributed by atoms with E-state index in [9.17, 15) is 9.18 Å². The van der Waals surface area contributed by atoms with Gasteiger partial charge in [-0.25, -0.2) is 4.39 Å². The first-order valence-electron chi connectivity index (χ1n) is 4.96. The molecule has 0 aliphatic rings. The van der Waals surface area contributed by atoms with Gasteiger partial charge in [-0.2, -0.15) is 0 Å². The Morgan fingerprint density at radius 3 is 2.88 bits per heavy atom. The van der Waals surface area contributed by atoms with Crippen LogP contribution >= 0.6 is 15.9 Å². The molecule has 88 valence electrons. The summed E-state index contributed by atoms with van der Waals surface area (Å²) in [6.45, 7) is 2.44. The minimum atomic E-state index is -0.308. The Morgan fingerprint density at radius 1 is 1.62 bits per heavy atom. The molecule has 0 fully saturated rings. The summed E-state index contributed by atoms with van der Waals surface area (Å²) in [5.74, 6) is -0.616. The molecule has 0 aliphatic heterocycles. The number of carbonyl (C=O) groups excluding carboxylic acids is 1. The van der Waals surface area contributed by atoms with Gasteiger partial charge in [-0.3, -0.25) is 4.79 Å². The van der Waals surface area contributed by atoms with Crippen molar-refractivity contribution in [2.75, 3.05) is 6.54 Å². The summed E-state index contributed by atoms with van der Waals surface area (Å²) in [5, 5.41) is 2.74. The van der Waals surface area contributed by atoms with E-state index >= 15 is 0 Å². The first-order valence-corrected chi connectivity index (χ1v) is 5.75. The van der Waals surface area contributed by atoms with Gasteiger partial charge >= 0.3 is 0 Å². The quantitative estimate of drug-likeness (QED) is 0.888. The average Bonchev–Trinajstić information content (AvgIpc) is 2.26. The molecule has 3 nitrogen and oxygen atoms in total. The van der Waals surface area contributed by atoms with Gasteiger partial charge in [-0.05, 0) is 17.7 Å². The Kier molecular flexibility index (Phi) is 4.89. The average molecular weight is 289 g/mol. The standard InChI is InChI=1S/C11H14BrFN2O/c1-7(5-14)11(16)15-6-8-2-3-9(13)4-10(8)12/h2-4,7H,5-6,14H2,1H3,(H,15,16). The maximum absolute atomic E-state index is 12.8. The number of nitrogens with one attached hydrogen (secondary N) is 1. The van der Waals surface area contributed by atoms with E-state index in [0.717, 1.165) is 5.56 Å². The third kappa shape index (κ3) is 3.57. The van der Waals surface area contributed by atoms with E-state index < -0.39 is 0 Å². The summed E-state index contributed by atoms with van der Waals surface area (Å²) in [6, 6.07) is 4.36. The third-order valence-electron chi connectivity index (χ3n) is 2.27. The van der Waals surface area contributed by atoms with Crippen LogP contribution in [0.5, 0.6) is 0 Å². The molecule has 0 saturated heterocycles. The number of hydrogen-bond donors (Lipinski definition) is 2. The van der Waals surface area contributed by atoms with E-state index in [0.29, 0.717) is 17.6 Å². The second kappa shape index (κ2) is 5.96. The van der Waals surface area contributed by atoms with Crippen LogP contribution in [0.2, 0.25) is 0 Å². The zero-order valence-corrected chi connectivity index (χ0v) is 10.6. The van der Waals surface area contributed by atoms with Gasteiger partial charge in [0.25, 0.3) is 0 Å². The largest absolute Gasteiger partial charge is 0.352 e. The second-order valence-corrected chi connectivity index (χ2v) is 4.44. The molecule has 0 saturated carbocycles. The van der Waals surface area contributed by atoms with Crippen LogP contribution in [0, 0.1) is 11.7 Å². The molecule has 3 N–H and O–H groups in total. The van der Waals surface area contributed by atoms with E-state index in [2.05, 4.69) is 21.2 Å². The van der Waals surface area contributed by atoms with E-state index in [1.54, 1.807) is 13.0 Å². The van der Waals surface area contributed by atoms with Crippen molar-refractivity contribution >= 4 is 21.8 Å². The summed E-state index contributed by atoms with van der Waals surface area (Å²) in [4.78, 5) is 11.4. The highest BCUT2D eigenvalue weighted by atomic mass is 79.9. The van der Waals surface area contributed by atoms with Gasteiger partial charge in [0.2, 0.25) is 5.91 Å². The fourth-order valence-electron chi connectivity index (χ4n) is 1.13. The van der Waals surface area contributed by atoms with Gasteiger partial charge in [-0.15, -0.1) is 0 Å². The van der Waals surface area contributed by atoms with E-state index in [4.69, 9.17) is 5.73 Å². The zero-order valence-electron chi connectivity index (χ0n) is 8.97. The molecule has 5 heteroatoms. The summed E-state index contributed by atoms with van der Waals surface area (Å²) in [6.07, 6.45) is 0. The van der Waals surface area contributed by atoms with E-state index in [-0.39, 0.29) is 17.6 Å². The Labute approximate surface area is 102 Å². The molecule has 0 aromatic heterocycles. The predicted octanol–water partition coefficient (Wildman–Crippen LogP) is 1.80. The lowest BCUT2D eigenvalue weighted by Gasteiger charge is -2.10. The molecule has 0 heterocycles. The first-order chi connectivity index (χ1) is 7.54. The molecule has 1 unspecified atom stereocenters. The van der Waals surface area contributed by atoms with Crippen LogP contribution < -0.4 is 11.1 Å². The zero-order chi connectivity index (χ0) is 12.1. The minimum Gasteiger partial charge on any atom is -0.352 e. The molecule has 1 aromatic rings. The normalized spacial score (nSPS) is 12.2. The monoisotopic (exact) mass is 288 g/mol. The first kappa shape index (κ1) is 13.1. The number of amides is 1. The van der Waals surface area contributed by atoms with Crippen molar-refractivity contribution in [3.63, 3.8) is 0 Å². The molecule has 1 aromatic carbocycles. The lowest BCUT2D eigenvalue weighted by molar-refractivity contribution is -0.124. The fourth-order valence-corrected chi connectivity index (χ4v) is 1.62. The summed E-state index contributed by atoms with van der Waals surface area (Å²) >= 11 is 3.24. The molecule has 0 spiro atoms. The summed E-state index contributed by atoms with van der Waals surface area (Å²) in [7, 11) is 0. The molecule has 0 radical (unpaired) electrons. The fraction of sp³-hybridized carbons (Fsp3) is 0.364.